The third kappa shape index (κ3) is 5.41. The molecule has 0 radical (unpaired) electrons. The Bertz CT molecular complexity index is 1370. The minimum absolute atomic E-state index is 0.153. The number of rotatable bonds is 7. The lowest BCUT2D eigenvalue weighted by Crippen LogP contribution is -2.14. The highest BCUT2D eigenvalue weighted by Gasteiger charge is 2.21. The average molecular weight is 458 g/mol. The molecule has 0 bridgehead atoms. The smallest absolute Gasteiger partial charge is 0.318 e. The van der Waals surface area contributed by atoms with Crippen LogP contribution >= 0.6 is 0 Å². The molecule has 0 fully saturated rings. The van der Waals surface area contributed by atoms with Gasteiger partial charge in [0.1, 0.15) is 17.4 Å². The monoisotopic (exact) mass is 458 g/mol. The minimum atomic E-state index is -0.780. The van der Waals surface area contributed by atoms with Crippen molar-refractivity contribution >= 4 is 29.0 Å². The Labute approximate surface area is 194 Å². The second kappa shape index (κ2) is 10.1. The maximum atomic E-state index is 12.6. The van der Waals surface area contributed by atoms with E-state index in [0.717, 1.165) is 29.3 Å². The predicted molar refractivity (Wildman–Crippen MR) is 124 cm³/mol. The zero-order valence-corrected chi connectivity index (χ0v) is 18.1. The third-order valence-corrected chi connectivity index (χ3v) is 4.96. The molecule has 0 unspecified atom stereocenters. The summed E-state index contributed by atoms with van der Waals surface area (Å²) in [5.41, 5.74) is 1.74. The van der Waals surface area contributed by atoms with E-state index < -0.39 is 27.1 Å². The van der Waals surface area contributed by atoms with Crippen molar-refractivity contribution in [1.29, 1.82) is 5.26 Å². The topological polar surface area (TPSA) is 148 Å². The SMILES string of the molecule is Cc1cccc(NC(=O)/C(C#N)=C\c2cccc(Oc3ccc([N+](=O)[O-])cc3[N+](=O)[O-])c2)c1C. The number of aryl methyl sites for hydroxylation is 1. The van der Waals surface area contributed by atoms with E-state index in [1.54, 1.807) is 24.3 Å². The predicted octanol–water partition coefficient (Wildman–Crippen LogP) is 5.46. The molecule has 3 aromatic carbocycles. The first-order valence-electron chi connectivity index (χ1n) is 9.89. The van der Waals surface area contributed by atoms with Crippen molar-refractivity contribution in [3.63, 3.8) is 0 Å². The van der Waals surface area contributed by atoms with Gasteiger partial charge in [0.2, 0.25) is 5.75 Å². The molecule has 0 atom stereocenters. The Morgan fingerprint density at radius 2 is 1.76 bits per heavy atom. The van der Waals surface area contributed by atoms with Crippen LogP contribution in [0.1, 0.15) is 16.7 Å². The highest BCUT2D eigenvalue weighted by molar-refractivity contribution is 6.10. The number of amides is 1. The molecule has 0 aliphatic heterocycles. The maximum absolute atomic E-state index is 12.6. The summed E-state index contributed by atoms with van der Waals surface area (Å²) in [6, 6.07) is 16.6. The first-order chi connectivity index (χ1) is 16.2. The first-order valence-corrected chi connectivity index (χ1v) is 9.89. The van der Waals surface area contributed by atoms with E-state index in [4.69, 9.17) is 4.74 Å². The van der Waals surface area contributed by atoms with Gasteiger partial charge in [0, 0.05) is 11.8 Å². The van der Waals surface area contributed by atoms with Gasteiger partial charge in [-0.3, -0.25) is 25.0 Å². The number of nitro groups is 2. The molecule has 0 heterocycles. The molecule has 10 nitrogen and oxygen atoms in total. The average Bonchev–Trinajstić information content (AvgIpc) is 2.80. The van der Waals surface area contributed by atoms with Crippen LogP contribution in [0.3, 0.4) is 0 Å². The number of nitriles is 1. The van der Waals surface area contributed by atoms with Gasteiger partial charge in [-0.25, -0.2) is 0 Å². The van der Waals surface area contributed by atoms with Crippen LogP contribution in [0, 0.1) is 45.4 Å². The van der Waals surface area contributed by atoms with Gasteiger partial charge >= 0.3 is 5.69 Å². The van der Waals surface area contributed by atoms with Crippen molar-refractivity contribution in [1.82, 2.24) is 0 Å². The highest BCUT2D eigenvalue weighted by atomic mass is 16.6. The van der Waals surface area contributed by atoms with Gasteiger partial charge in [-0.1, -0.05) is 24.3 Å². The molecule has 0 saturated carbocycles. The quantitative estimate of drug-likeness (QED) is 0.214. The number of ether oxygens (including phenoxy) is 1. The van der Waals surface area contributed by atoms with Gasteiger partial charge in [0.25, 0.3) is 11.6 Å². The van der Waals surface area contributed by atoms with E-state index in [2.05, 4.69) is 5.32 Å². The zero-order valence-electron chi connectivity index (χ0n) is 18.1. The number of carbonyl (C=O) groups is 1. The van der Waals surface area contributed by atoms with Crippen molar-refractivity contribution in [3.8, 4) is 17.6 Å². The summed E-state index contributed by atoms with van der Waals surface area (Å²) in [4.78, 5) is 33.3. The molecule has 0 aliphatic rings. The number of nitrogens with one attached hydrogen (secondary N) is 1. The largest absolute Gasteiger partial charge is 0.450 e. The van der Waals surface area contributed by atoms with Crippen molar-refractivity contribution in [3.05, 3.63) is 103 Å². The van der Waals surface area contributed by atoms with E-state index in [0.29, 0.717) is 11.3 Å². The van der Waals surface area contributed by atoms with Crippen molar-refractivity contribution in [2.24, 2.45) is 0 Å². The normalized spacial score (nSPS) is 10.8. The summed E-state index contributed by atoms with van der Waals surface area (Å²) in [6.45, 7) is 3.77. The van der Waals surface area contributed by atoms with Gasteiger partial charge < -0.3 is 10.1 Å². The molecule has 34 heavy (non-hydrogen) atoms. The molecule has 0 aromatic heterocycles. The summed E-state index contributed by atoms with van der Waals surface area (Å²) >= 11 is 0. The molecular formula is C24H18N4O6. The lowest BCUT2D eigenvalue weighted by molar-refractivity contribution is -0.394. The molecule has 0 spiro atoms. The number of nitro benzene ring substituents is 2. The van der Waals surface area contributed by atoms with E-state index in [9.17, 15) is 30.3 Å². The number of non-ortho nitro benzene ring substituents is 1. The van der Waals surface area contributed by atoms with Crippen molar-refractivity contribution < 1.29 is 19.4 Å². The van der Waals surface area contributed by atoms with Crippen molar-refractivity contribution in [2.45, 2.75) is 13.8 Å². The molecule has 0 saturated heterocycles. The van der Waals surface area contributed by atoms with Crippen LogP contribution in [0.2, 0.25) is 0 Å². The number of hydrogen-bond donors (Lipinski definition) is 1. The third-order valence-electron chi connectivity index (χ3n) is 4.96. The molecule has 10 heteroatoms. The Kier molecular flexibility index (Phi) is 6.98. The first kappa shape index (κ1) is 23.6. The molecule has 0 aliphatic carbocycles. The fraction of sp³-hybridized carbons (Fsp3) is 0.0833. The van der Waals surface area contributed by atoms with Crippen LogP contribution < -0.4 is 10.1 Å². The summed E-state index contributed by atoms with van der Waals surface area (Å²) in [5.74, 6) is -0.601. The van der Waals surface area contributed by atoms with E-state index in [1.807, 2.05) is 26.0 Å². The van der Waals surface area contributed by atoms with Gasteiger partial charge in [-0.15, -0.1) is 0 Å². The maximum Gasteiger partial charge on any atom is 0.318 e. The van der Waals surface area contributed by atoms with Gasteiger partial charge in [0.15, 0.2) is 0 Å². The molecular weight excluding hydrogens is 440 g/mol. The Morgan fingerprint density at radius 3 is 2.44 bits per heavy atom. The fourth-order valence-electron chi connectivity index (χ4n) is 3.03. The van der Waals surface area contributed by atoms with Gasteiger partial charge in [-0.2, -0.15) is 5.26 Å². The molecule has 1 amide bonds. The Morgan fingerprint density at radius 1 is 1.03 bits per heavy atom. The second-order valence-electron chi connectivity index (χ2n) is 7.21. The zero-order chi connectivity index (χ0) is 24.8. The van der Waals surface area contributed by atoms with E-state index in [-0.39, 0.29) is 17.1 Å². The van der Waals surface area contributed by atoms with Crippen LogP contribution in [0.5, 0.6) is 11.5 Å². The van der Waals surface area contributed by atoms with Crippen LogP contribution in [-0.2, 0) is 4.79 Å². The standard InChI is InChI=1S/C24H18N4O6/c1-15-5-3-8-21(16(15)2)26-24(29)18(14-25)11-17-6-4-7-20(12-17)34-23-10-9-19(27(30)31)13-22(23)28(32)33/h3-13H,1-2H3,(H,26,29)/b18-11-. The minimum Gasteiger partial charge on any atom is -0.450 e. The highest BCUT2D eigenvalue weighted by Crippen LogP contribution is 2.34. The fourth-order valence-corrected chi connectivity index (χ4v) is 3.03. The number of benzene rings is 3. The lowest BCUT2D eigenvalue weighted by Gasteiger charge is -2.10. The van der Waals surface area contributed by atoms with Crippen LogP contribution in [0.15, 0.2) is 66.2 Å². The molecule has 3 aromatic rings. The Balaban J connectivity index is 1.86. The van der Waals surface area contributed by atoms with Gasteiger partial charge in [0.05, 0.1) is 15.9 Å². The van der Waals surface area contributed by atoms with Crippen LogP contribution in [0.4, 0.5) is 17.1 Å². The van der Waals surface area contributed by atoms with E-state index in [1.165, 1.54) is 18.2 Å². The second-order valence-corrected chi connectivity index (χ2v) is 7.21. The summed E-state index contributed by atoms with van der Waals surface area (Å²) in [6.07, 6.45) is 1.36. The Hall–Kier alpha value is -5.04. The number of hydrogen-bond acceptors (Lipinski definition) is 7. The lowest BCUT2D eigenvalue weighted by atomic mass is 10.1. The molecule has 170 valence electrons. The van der Waals surface area contributed by atoms with Crippen LogP contribution in [-0.4, -0.2) is 15.8 Å². The summed E-state index contributed by atoms with van der Waals surface area (Å²) < 4.78 is 5.57. The van der Waals surface area contributed by atoms with Crippen LogP contribution in [0.25, 0.3) is 6.08 Å². The summed E-state index contributed by atoms with van der Waals surface area (Å²) in [7, 11) is 0. The van der Waals surface area contributed by atoms with E-state index >= 15 is 0 Å². The molecule has 3 rings (SSSR count). The number of nitrogens with zero attached hydrogens (tertiary/aromatic N) is 3. The van der Waals surface area contributed by atoms with Crippen molar-refractivity contribution in [2.75, 3.05) is 5.32 Å². The number of carbonyl (C=O) groups excluding carboxylic acids is 1. The van der Waals surface area contributed by atoms with Gasteiger partial charge in [-0.05, 0) is 60.9 Å². The molecule has 1 N–H and O–H groups in total. The summed E-state index contributed by atoms with van der Waals surface area (Å²) in [5, 5.41) is 34.4. The number of anilines is 1.